The summed E-state index contributed by atoms with van der Waals surface area (Å²) >= 11 is 0. The number of halogens is 1. The molecule has 0 radical (unpaired) electrons. The molecule has 0 bridgehead atoms. The van der Waals surface area contributed by atoms with Gasteiger partial charge in [-0.25, -0.2) is 4.39 Å². The minimum Gasteiger partial charge on any atom is -0.467 e. The number of hydrogen-bond acceptors (Lipinski definition) is 3. The Kier molecular flexibility index (Phi) is 5.30. The fourth-order valence-electron chi connectivity index (χ4n) is 3.35. The predicted molar refractivity (Wildman–Crippen MR) is 87.7 cm³/mol. The van der Waals surface area contributed by atoms with Crippen LogP contribution >= 0.6 is 0 Å². The summed E-state index contributed by atoms with van der Waals surface area (Å²) in [5.74, 6) is 0.282. The van der Waals surface area contributed by atoms with Crippen LogP contribution in [0.4, 0.5) is 4.39 Å². The van der Waals surface area contributed by atoms with Gasteiger partial charge in [0.25, 0.3) is 0 Å². The summed E-state index contributed by atoms with van der Waals surface area (Å²) in [6.07, 6.45) is 3.79. The molecule has 2 unspecified atom stereocenters. The molecule has 1 fully saturated rings. The van der Waals surface area contributed by atoms with Crippen molar-refractivity contribution in [3.63, 3.8) is 0 Å². The number of aliphatic hydroxyl groups excluding tert-OH is 1. The number of furan rings is 1. The number of aryl methyl sites for hydroxylation is 1. The summed E-state index contributed by atoms with van der Waals surface area (Å²) in [6.45, 7) is 0.700. The maximum atomic E-state index is 13.7. The zero-order valence-electron chi connectivity index (χ0n) is 13.5. The third kappa shape index (κ3) is 3.85. The molecule has 1 N–H and O–H groups in total. The van der Waals surface area contributed by atoms with Crippen LogP contribution in [0.1, 0.15) is 43.1 Å². The van der Waals surface area contributed by atoms with Crippen LogP contribution in [0.5, 0.6) is 0 Å². The number of hydrogen-bond donors (Lipinski definition) is 1. The van der Waals surface area contributed by atoms with Crippen molar-refractivity contribution in [3.8, 4) is 0 Å². The van der Waals surface area contributed by atoms with Crippen LogP contribution in [0.15, 0.2) is 47.1 Å². The van der Waals surface area contributed by atoms with Gasteiger partial charge in [-0.15, -0.1) is 0 Å². The molecule has 1 aliphatic heterocycles. The molecule has 3 rings (SSSR count). The van der Waals surface area contributed by atoms with E-state index in [1.807, 2.05) is 4.90 Å². The Labute approximate surface area is 140 Å². The second kappa shape index (κ2) is 7.62. The number of amides is 1. The lowest BCUT2D eigenvalue weighted by Crippen LogP contribution is -2.36. The fourth-order valence-corrected chi connectivity index (χ4v) is 3.35. The molecular formula is C19H22FNO3. The first-order valence-electron chi connectivity index (χ1n) is 8.39. The van der Waals surface area contributed by atoms with Crippen molar-refractivity contribution in [1.82, 2.24) is 4.90 Å². The van der Waals surface area contributed by atoms with Gasteiger partial charge in [-0.2, -0.15) is 0 Å². The first-order chi connectivity index (χ1) is 11.6. The molecular weight excluding hydrogens is 309 g/mol. The molecule has 1 amide bonds. The monoisotopic (exact) mass is 331 g/mol. The number of benzene rings is 1. The molecule has 0 saturated carbocycles. The zero-order valence-corrected chi connectivity index (χ0v) is 13.5. The van der Waals surface area contributed by atoms with Gasteiger partial charge in [-0.1, -0.05) is 18.2 Å². The molecule has 24 heavy (non-hydrogen) atoms. The summed E-state index contributed by atoms with van der Waals surface area (Å²) < 4.78 is 18.9. The van der Waals surface area contributed by atoms with Crippen molar-refractivity contribution in [1.29, 1.82) is 0 Å². The van der Waals surface area contributed by atoms with Gasteiger partial charge in [0, 0.05) is 25.4 Å². The molecule has 2 heterocycles. The van der Waals surface area contributed by atoms with Crippen LogP contribution in [-0.4, -0.2) is 28.5 Å². The molecule has 0 spiro atoms. The first kappa shape index (κ1) is 16.7. The molecule has 1 aromatic heterocycles. The lowest BCUT2D eigenvalue weighted by molar-refractivity contribution is -0.132. The number of aliphatic hydroxyl groups is 1. The summed E-state index contributed by atoms with van der Waals surface area (Å²) in [6, 6.07) is 10.0. The lowest BCUT2D eigenvalue weighted by Gasteiger charge is -2.26. The minimum absolute atomic E-state index is 0.0122. The third-order valence-electron chi connectivity index (χ3n) is 4.63. The van der Waals surface area contributed by atoms with E-state index in [-0.39, 0.29) is 24.2 Å². The number of carbonyl (C=O) groups is 1. The van der Waals surface area contributed by atoms with Crippen LogP contribution in [0.3, 0.4) is 0 Å². The van der Waals surface area contributed by atoms with Gasteiger partial charge in [0.1, 0.15) is 17.7 Å². The molecule has 2 atom stereocenters. The van der Waals surface area contributed by atoms with E-state index in [4.69, 9.17) is 4.42 Å². The molecule has 1 aliphatic rings. The van der Waals surface area contributed by atoms with Crippen molar-refractivity contribution >= 4 is 5.91 Å². The second-order valence-electron chi connectivity index (χ2n) is 6.24. The number of nitrogens with zero attached hydrogens (tertiary/aromatic N) is 1. The molecule has 4 nitrogen and oxygen atoms in total. The van der Waals surface area contributed by atoms with Crippen molar-refractivity contribution < 1.29 is 18.7 Å². The van der Waals surface area contributed by atoms with E-state index in [0.29, 0.717) is 30.7 Å². The highest BCUT2D eigenvalue weighted by molar-refractivity contribution is 5.77. The lowest BCUT2D eigenvalue weighted by atomic mass is 10.0. The second-order valence-corrected chi connectivity index (χ2v) is 6.24. The quantitative estimate of drug-likeness (QED) is 0.882. The number of carbonyl (C=O) groups excluding carboxylic acids is 1. The zero-order chi connectivity index (χ0) is 16.9. The summed E-state index contributed by atoms with van der Waals surface area (Å²) in [4.78, 5) is 14.3. The summed E-state index contributed by atoms with van der Waals surface area (Å²) in [5.41, 5.74) is 0.567. The number of rotatable bonds is 6. The van der Waals surface area contributed by atoms with Gasteiger partial charge in [0.05, 0.1) is 6.26 Å². The van der Waals surface area contributed by atoms with E-state index >= 15 is 0 Å². The molecule has 1 saturated heterocycles. The van der Waals surface area contributed by atoms with Crippen molar-refractivity contribution in [2.24, 2.45) is 0 Å². The molecule has 0 aliphatic carbocycles. The van der Waals surface area contributed by atoms with Gasteiger partial charge in [-0.3, -0.25) is 4.79 Å². The maximum absolute atomic E-state index is 13.7. The van der Waals surface area contributed by atoms with E-state index < -0.39 is 6.10 Å². The standard InChI is InChI=1S/C19H22FNO3/c20-16-7-2-1-5-14(16)9-10-19(23)21-11-3-6-15(21)13-17(22)18-8-4-12-24-18/h1-2,4-5,7-8,12,15,17,22H,3,6,9-11,13H2. The smallest absolute Gasteiger partial charge is 0.223 e. The normalized spacial score (nSPS) is 18.8. The van der Waals surface area contributed by atoms with Crippen LogP contribution in [0.2, 0.25) is 0 Å². The highest BCUT2D eigenvalue weighted by Crippen LogP contribution is 2.28. The molecule has 1 aromatic carbocycles. The van der Waals surface area contributed by atoms with E-state index in [1.54, 1.807) is 30.3 Å². The fraction of sp³-hybridized carbons (Fsp3) is 0.421. The number of likely N-dealkylation sites (tertiary alicyclic amines) is 1. The molecule has 2 aromatic rings. The topological polar surface area (TPSA) is 53.7 Å². The Morgan fingerprint density at radius 1 is 1.33 bits per heavy atom. The highest BCUT2D eigenvalue weighted by Gasteiger charge is 2.31. The minimum atomic E-state index is -0.704. The Bertz CT molecular complexity index is 671. The average molecular weight is 331 g/mol. The Morgan fingerprint density at radius 3 is 2.92 bits per heavy atom. The summed E-state index contributed by atoms with van der Waals surface area (Å²) in [7, 11) is 0. The van der Waals surface area contributed by atoms with Crippen molar-refractivity contribution in [2.75, 3.05) is 6.54 Å². The predicted octanol–water partition coefficient (Wildman–Crippen LogP) is 3.47. The Morgan fingerprint density at radius 2 is 2.17 bits per heavy atom. The Balaban J connectivity index is 1.56. The third-order valence-corrected chi connectivity index (χ3v) is 4.63. The highest BCUT2D eigenvalue weighted by atomic mass is 19.1. The van der Waals surface area contributed by atoms with Gasteiger partial charge in [0.15, 0.2) is 0 Å². The van der Waals surface area contributed by atoms with Crippen LogP contribution in [-0.2, 0) is 11.2 Å². The molecule has 128 valence electrons. The Hall–Kier alpha value is -2.14. The van der Waals surface area contributed by atoms with Gasteiger partial charge < -0.3 is 14.4 Å². The van der Waals surface area contributed by atoms with E-state index in [1.165, 1.54) is 12.3 Å². The van der Waals surface area contributed by atoms with Crippen molar-refractivity contribution in [3.05, 3.63) is 59.8 Å². The first-order valence-corrected chi connectivity index (χ1v) is 8.39. The van der Waals surface area contributed by atoms with E-state index in [2.05, 4.69) is 0 Å². The van der Waals surface area contributed by atoms with Crippen LogP contribution < -0.4 is 0 Å². The summed E-state index contributed by atoms with van der Waals surface area (Å²) in [5, 5.41) is 10.2. The van der Waals surface area contributed by atoms with E-state index in [9.17, 15) is 14.3 Å². The van der Waals surface area contributed by atoms with Crippen LogP contribution in [0.25, 0.3) is 0 Å². The maximum Gasteiger partial charge on any atom is 0.223 e. The van der Waals surface area contributed by atoms with Gasteiger partial charge in [0.2, 0.25) is 5.91 Å². The van der Waals surface area contributed by atoms with Crippen LogP contribution in [0, 0.1) is 5.82 Å². The van der Waals surface area contributed by atoms with Crippen molar-refractivity contribution in [2.45, 2.75) is 44.2 Å². The SMILES string of the molecule is O=C(CCc1ccccc1F)N1CCCC1CC(O)c1ccco1. The van der Waals surface area contributed by atoms with E-state index in [0.717, 1.165) is 12.8 Å². The average Bonchev–Trinajstić information content (AvgIpc) is 3.25. The van der Waals surface area contributed by atoms with Gasteiger partial charge >= 0.3 is 0 Å². The molecule has 5 heteroatoms. The van der Waals surface area contributed by atoms with Gasteiger partial charge in [-0.05, 0) is 43.0 Å². The largest absolute Gasteiger partial charge is 0.467 e.